The highest BCUT2D eigenvalue weighted by molar-refractivity contribution is 9.10. The number of hydrogen-bond donors (Lipinski definition) is 0. The Kier molecular flexibility index (Phi) is 3.14. The summed E-state index contributed by atoms with van der Waals surface area (Å²) in [6.07, 6.45) is 2.47. The number of rotatable bonds is 2. The van der Waals surface area contributed by atoms with Crippen molar-refractivity contribution in [2.45, 2.75) is 12.8 Å². The summed E-state index contributed by atoms with van der Waals surface area (Å²) >= 11 is 3.38. The maximum atomic E-state index is 4.17. The van der Waals surface area contributed by atoms with Crippen LogP contribution in [0.5, 0.6) is 0 Å². The first-order chi connectivity index (χ1) is 6.84. The summed E-state index contributed by atoms with van der Waals surface area (Å²) in [4.78, 5) is 0. The first-order valence-corrected chi connectivity index (χ1v) is 5.56. The molecule has 1 aliphatic heterocycles. The van der Waals surface area contributed by atoms with E-state index in [-0.39, 0.29) is 0 Å². The van der Waals surface area contributed by atoms with Crippen molar-refractivity contribution in [2.75, 3.05) is 13.1 Å². The smallest absolute Gasteiger partial charge is 0.0875 e. The van der Waals surface area contributed by atoms with Crippen LogP contribution in [-0.4, -0.2) is 18.1 Å². The molecule has 1 aromatic rings. The van der Waals surface area contributed by atoms with E-state index in [2.05, 4.69) is 26.3 Å². The Morgan fingerprint density at radius 1 is 1.07 bits per heavy atom. The van der Waals surface area contributed by atoms with Gasteiger partial charge >= 0.3 is 0 Å². The average molecular weight is 254 g/mol. The van der Waals surface area contributed by atoms with E-state index in [1.165, 1.54) is 12.8 Å². The van der Waals surface area contributed by atoms with Crippen molar-refractivity contribution in [3.63, 3.8) is 0 Å². The van der Waals surface area contributed by atoms with Gasteiger partial charge in [-0.15, -0.1) is 5.11 Å². The van der Waals surface area contributed by atoms with Gasteiger partial charge in [-0.1, -0.05) is 21.2 Å². The topological polar surface area (TPSA) is 28.0 Å². The minimum absolute atomic E-state index is 0.903. The first-order valence-electron chi connectivity index (χ1n) is 4.77. The fourth-order valence-electron chi connectivity index (χ4n) is 1.41. The van der Waals surface area contributed by atoms with Crippen molar-refractivity contribution in [1.29, 1.82) is 0 Å². The molecule has 0 saturated carbocycles. The Labute approximate surface area is 91.9 Å². The molecule has 0 spiro atoms. The van der Waals surface area contributed by atoms with E-state index < -0.39 is 0 Å². The molecule has 1 saturated heterocycles. The molecule has 0 aromatic heterocycles. The zero-order valence-corrected chi connectivity index (χ0v) is 9.44. The number of nitrogens with zero attached hydrogens (tertiary/aromatic N) is 3. The van der Waals surface area contributed by atoms with Crippen LogP contribution in [0.1, 0.15) is 12.8 Å². The summed E-state index contributed by atoms with van der Waals surface area (Å²) in [5, 5.41) is 10.3. The SMILES string of the molecule is Brc1ccc(/N=N/N2CCCC2)cc1. The van der Waals surface area contributed by atoms with Gasteiger partial charge in [0.25, 0.3) is 0 Å². The highest BCUT2D eigenvalue weighted by Gasteiger charge is 2.07. The lowest BCUT2D eigenvalue weighted by Crippen LogP contribution is -2.09. The van der Waals surface area contributed by atoms with Gasteiger partial charge < -0.3 is 0 Å². The summed E-state index contributed by atoms with van der Waals surface area (Å²) in [5.41, 5.74) is 0.903. The van der Waals surface area contributed by atoms with Crippen molar-refractivity contribution in [3.8, 4) is 0 Å². The Hall–Kier alpha value is -0.900. The third kappa shape index (κ3) is 2.54. The molecule has 0 aliphatic carbocycles. The molecule has 0 amide bonds. The Bertz CT molecular complexity index is 315. The maximum Gasteiger partial charge on any atom is 0.0875 e. The maximum absolute atomic E-state index is 4.17. The Morgan fingerprint density at radius 2 is 1.71 bits per heavy atom. The van der Waals surface area contributed by atoms with Gasteiger partial charge in [0, 0.05) is 17.6 Å². The molecule has 0 bridgehead atoms. The third-order valence-corrected chi connectivity index (χ3v) is 2.72. The number of benzene rings is 1. The lowest BCUT2D eigenvalue weighted by Gasteiger charge is -2.06. The molecular formula is C10H12BrN3. The van der Waals surface area contributed by atoms with Crippen LogP contribution in [-0.2, 0) is 0 Å². The average Bonchev–Trinajstić information content (AvgIpc) is 2.70. The Morgan fingerprint density at radius 3 is 2.36 bits per heavy atom. The van der Waals surface area contributed by atoms with E-state index in [4.69, 9.17) is 0 Å². The molecule has 4 heteroatoms. The summed E-state index contributed by atoms with van der Waals surface area (Å²) < 4.78 is 1.07. The van der Waals surface area contributed by atoms with E-state index in [1.807, 2.05) is 29.3 Å². The van der Waals surface area contributed by atoms with E-state index in [9.17, 15) is 0 Å². The molecule has 3 nitrogen and oxygen atoms in total. The summed E-state index contributed by atoms with van der Waals surface area (Å²) in [5.74, 6) is 0. The normalized spacial score (nSPS) is 16.8. The van der Waals surface area contributed by atoms with Gasteiger partial charge in [0.1, 0.15) is 0 Å². The predicted molar refractivity (Wildman–Crippen MR) is 59.5 cm³/mol. The molecule has 1 aromatic carbocycles. The molecular weight excluding hydrogens is 242 g/mol. The summed E-state index contributed by atoms with van der Waals surface area (Å²) in [6, 6.07) is 7.84. The van der Waals surface area contributed by atoms with Gasteiger partial charge in [0.15, 0.2) is 0 Å². The van der Waals surface area contributed by atoms with Crippen LogP contribution in [0.4, 0.5) is 5.69 Å². The quantitative estimate of drug-likeness (QED) is 0.742. The molecule has 1 fully saturated rings. The second-order valence-electron chi connectivity index (χ2n) is 3.33. The second-order valence-corrected chi connectivity index (χ2v) is 4.24. The summed E-state index contributed by atoms with van der Waals surface area (Å²) in [6.45, 7) is 2.08. The molecule has 0 radical (unpaired) electrons. The van der Waals surface area contributed by atoms with E-state index >= 15 is 0 Å². The van der Waals surface area contributed by atoms with Crippen molar-refractivity contribution in [1.82, 2.24) is 5.01 Å². The standard InChI is InChI=1S/C10H12BrN3/c11-9-3-5-10(6-4-9)12-13-14-7-1-2-8-14/h3-6H,1-2,7-8H2/b13-12+. The zero-order chi connectivity index (χ0) is 9.80. The van der Waals surface area contributed by atoms with Crippen molar-refractivity contribution in [3.05, 3.63) is 28.7 Å². The minimum atomic E-state index is 0.903. The van der Waals surface area contributed by atoms with Crippen LogP contribution < -0.4 is 0 Å². The van der Waals surface area contributed by atoms with Crippen LogP contribution in [0, 0.1) is 0 Å². The lowest BCUT2D eigenvalue weighted by molar-refractivity contribution is 0.336. The van der Waals surface area contributed by atoms with Gasteiger partial charge in [-0.2, -0.15) is 0 Å². The van der Waals surface area contributed by atoms with Crippen LogP contribution in [0.3, 0.4) is 0 Å². The van der Waals surface area contributed by atoms with Crippen LogP contribution in [0.25, 0.3) is 0 Å². The molecule has 0 unspecified atom stereocenters. The van der Waals surface area contributed by atoms with Gasteiger partial charge in [-0.3, -0.25) is 5.01 Å². The number of hydrogen-bond acceptors (Lipinski definition) is 2. The second kappa shape index (κ2) is 4.55. The van der Waals surface area contributed by atoms with Gasteiger partial charge in [-0.05, 0) is 37.1 Å². The van der Waals surface area contributed by atoms with E-state index in [0.717, 1.165) is 23.2 Å². The molecule has 74 valence electrons. The highest BCUT2D eigenvalue weighted by Crippen LogP contribution is 2.18. The molecule has 14 heavy (non-hydrogen) atoms. The molecule has 0 N–H and O–H groups in total. The number of halogens is 1. The van der Waals surface area contributed by atoms with Gasteiger partial charge in [0.05, 0.1) is 5.69 Å². The fourth-order valence-corrected chi connectivity index (χ4v) is 1.68. The first kappa shape index (κ1) is 9.65. The zero-order valence-electron chi connectivity index (χ0n) is 7.86. The molecule has 2 rings (SSSR count). The highest BCUT2D eigenvalue weighted by atomic mass is 79.9. The van der Waals surface area contributed by atoms with Crippen molar-refractivity contribution in [2.24, 2.45) is 10.3 Å². The lowest BCUT2D eigenvalue weighted by atomic mass is 10.3. The van der Waals surface area contributed by atoms with Crippen LogP contribution in [0.15, 0.2) is 39.1 Å². The molecule has 1 aliphatic rings. The largest absolute Gasteiger partial charge is 0.278 e. The van der Waals surface area contributed by atoms with Gasteiger partial charge in [-0.25, -0.2) is 0 Å². The predicted octanol–water partition coefficient (Wildman–Crippen LogP) is 3.54. The van der Waals surface area contributed by atoms with Crippen LogP contribution in [0.2, 0.25) is 0 Å². The minimum Gasteiger partial charge on any atom is -0.278 e. The Balaban J connectivity index is 1.99. The fraction of sp³-hybridized carbons (Fsp3) is 0.400. The van der Waals surface area contributed by atoms with E-state index in [1.54, 1.807) is 0 Å². The monoisotopic (exact) mass is 253 g/mol. The van der Waals surface area contributed by atoms with Crippen molar-refractivity contribution < 1.29 is 0 Å². The van der Waals surface area contributed by atoms with E-state index in [0.29, 0.717) is 0 Å². The van der Waals surface area contributed by atoms with Crippen molar-refractivity contribution >= 4 is 21.6 Å². The van der Waals surface area contributed by atoms with Gasteiger partial charge in [0.2, 0.25) is 0 Å². The van der Waals surface area contributed by atoms with Crippen LogP contribution >= 0.6 is 15.9 Å². The third-order valence-electron chi connectivity index (χ3n) is 2.20. The summed E-state index contributed by atoms with van der Waals surface area (Å²) in [7, 11) is 0. The molecule has 0 atom stereocenters. The molecule has 1 heterocycles.